The van der Waals surface area contributed by atoms with Crippen LogP contribution in [-0.4, -0.2) is 24.5 Å². The molecule has 0 aromatic heterocycles. The number of hydrogen-bond donors (Lipinski definition) is 0. The third-order valence-electron chi connectivity index (χ3n) is 2.18. The van der Waals surface area contributed by atoms with Gasteiger partial charge in [-0.15, -0.1) is 0 Å². The summed E-state index contributed by atoms with van der Waals surface area (Å²) in [5.41, 5.74) is -0.345. The van der Waals surface area contributed by atoms with Crippen LogP contribution in [0.4, 0.5) is 0 Å². The molecule has 0 fully saturated rings. The van der Waals surface area contributed by atoms with E-state index in [0.717, 1.165) is 0 Å². The number of esters is 3. The largest absolute Gasteiger partial charge is 0.462 e. The molecule has 0 atom stereocenters. The summed E-state index contributed by atoms with van der Waals surface area (Å²) >= 11 is 0. The number of hydrogen-bond acceptors (Lipinski definition) is 5. The van der Waals surface area contributed by atoms with Crippen molar-refractivity contribution in [1.29, 1.82) is 0 Å². The van der Waals surface area contributed by atoms with Gasteiger partial charge < -0.3 is 9.47 Å². The van der Waals surface area contributed by atoms with Gasteiger partial charge in [0.25, 0.3) is 0 Å². The van der Waals surface area contributed by atoms with Gasteiger partial charge >= 0.3 is 17.9 Å². The van der Waals surface area contributed by atoms with Crippen LogP contribution in [0, 0.1) is 5.41 Å². The molecule has 0 aliphatic carbocycles. The molecule has 0 saturated carbocycles. The second kappa shape index (κ2) is 7.71. The highest BCUT2D eigenvalue weighted by Gasteiger charge is 2.25. The molecule has 5 heteroatoms. The number of carbonyl (C=O) groups excluding carboxylic acids is 3. The van der Waals surface area contributed by atoms with E-state index in [1.165, 1.54) is 0 Å². The van der Waals surface area contributed by atoms with Crippen molar-refractivity contribution in [3.05, 3.63) is 12.2 Å². The average Bonchev–Trinajstić information content (AvgIpc) is 2.26. The smallest absolute Gasteiger partial charge is 0.333 e. The second-order valence-electron chi connectivity index (χ2n) is 5.38. The van der Waals surface area contributed by atoms with Crippen LogP contribution in [0.5, 0.6) is 0 Å². The number of unbranched alkanes of at least 4 members (excludes halogenated alkanes) is 1. The van der Waals surface area contributed by atoms with E-state index >= 15 is 0 Å². The van der Waals surface area contributed by atoms with Crippen LogP contribution in [0.25, 0.3) is 0 Å². The molecule has 0 radical (unpaired) electrons. The third kappa shape index (κ3) is 8.13. The van der Waals surface area contributed by atoms with Crippen molar-refractivity contribution < 1.29 is 23.9 Å². The van der Waals surface area contributed by atoms with Crippen molar-refractivity contribution in [2.75, 3.05) is 6.61 Å². The molecule has 0 unspecified atom stereocenters. The van der Waals surface area contributed by atoms with Crippen molar-refractivity contribution >= 4 is 17.9 Å². The number of carbonyl (C=O) groups is 3. The van der Waals surface area contributed by atoms with Gasteiger partial charge in [-0.3, -0.25) is 9.59 Å². The van der Waals surface area contributed by atoms with E-state index in [-0.39, 0.29) is 13.0 Å². The lowest BCUT2D eigenvalue weighted by atomic mass is 9.97. The lowest BCUT2D eigenvalue weighted by molar-refractivity contribution is -0.165. The molecule has 0 aliphatic heterocycles. The van der Waals surface area contributed by atoms with Gasteiger partial charge in [0, 0.05) is 12.0 Å². The predicted molar refractivity (Wildman–Crippen MR) is 70.2 cm³/mol. The Balaban J connectivity index is 3.74. The summed E-state index contributed by atoms with van der Waals surface area (Å²) in [6.07, 6.45) is 1.17. The summed E-state index contributed by atoms with van der Waals surface area (Å²) in [6.45, 7) is 10.3. The first-order valence-corrected chi connectivity index (χ1v) is 6.22. The highest BCUT2D eigenvalue weighted by atomic mass is 16.6. The first-order valence-electron chi connectivity index (χ1n) is 6.22. The summed E-state index contributed by atoms with van der Waals surface area (Å²) in [5, 5.41) is 0. The fraction of sp³-hybridized carbons (Fsp3) is 0.643. The minimum atomic E-state index is -0.688. The molecule has 0 spiro atoms. The highest BCUT2D eigenvalue weighted by Crippen LogP contribution is 2.15. The summed E-state index contributed by atoms with van der Waals surface area (Å²) in [4.78, 5) is 33.8. The first-order chi connectivity index (χ1) is 8.64. The van der Waals surface area contributed by atoms with E-state index in [2.05, 4.69) is 11.3 Å². The van der Waals surface area contributed by atoms with Crippen molar-refractivity contribution in [3.63, 3.8) is 0 Å². The monoisotopic (exact) mass is 270 g/mol. The molecular formula is C14H22O5. The van der Waals surface area contributed by atoms with Gasteiger partial charge in [0.1, 0.15) is 0 Å². The Morgan fingerprint density at radius 2 is 1.68 bits per heavy atom. The Morgan fingerprint density at radius 3 is 2.16 bits per heavy atom. The zero-order chi connectivity index (χ0) is 15.1. The molecule has 0 aromatic carbocycles. The minimum Gasteiger partial charge on any atom is -0.462 e. The number of rotatable bonds is 6. The summed E-state index contributed by atoms with van der Waals surface area (Å²) < 4.78 is 9.54. The van der Waals surface area contributed by atoms with E-state index in [0.29, 0.717) is 18.4 Å². The molecule has 19 heavy (non-hydrogen) atoms. The van der Waals surface area contributed by atoms with Crippen molar-refractivity contribution in [3.8, 4) is 0 Å². The Hall–Kier alpha value is -1.65. The molecule has 0 aliphatic rings. The summed E-state index contributed by atoms with van der Waals surface area (Å²) in [6, 6.07) is 0. The molecule has 0 amide bonds. The Morgan fingerprint density at radius 1 is 1.11 bits per heavy atom. The van der Waals surface area contributed by atoms with Gasteiger partial charge in [0.15, 0.2) is 0 Å². The minimum absolute atomic E-state index is 0.131. The van der Waals surface area contributed by atoms with E-state index in [1.54, 1.807) is 27.7 Å². The maximum absolute atomic E-state index is 11.4. The van der Waals surface area contributed by atoms with Crippen LogP contribution in [0.15, 0.2) is 12.2 Å². The standard InChI is InChI=1S/C14H22O5/c1-10(2)12(16)18-9-7-6-8-11(15)19-13(17)14(3,4)5/h1,6-9H2,2-5H3. The fourth-order valence-electron chi connectivity index (χ4n) is 0.967. The fourth-order valence-corrected chi connectivity index (χ4v) is 0.967. The molecule has 0 rings (SSSR count). The van der Waals surface area contributed by atoms with Crippen LogP contribution in [0.3, 0.4) is 0 Å². The SMILES string of the molecule is C=C(C)C(=O)OCCCCC(=O)OC(=O)C(C)(C)C. The molecule has 108 valence electrons. The van der Waals surface area contributed by atoms with Gasteiger partial charge in [0.2, 0.25) is 0 Å². The normalized spacial score (nSPS) is 10.7. The van der Waals surface area contributed by atoms with Crippen LogP contribution in [-0.2, 0) is 23.9 Å². The molecular weight excluding hydrogens is 248 g/mol. The predicted octanol–water partition coefficient (Wildman–Crippen LogP) is 2.39. The maximum atomic E-state index is 11.4. The molecule has 0 saturated heterocycles. The third-order valence-corrected chi connectivity index (χ3v) is 2.18. The van der Waals surface area contributed by atoms with Crippen molar-refractivity contribution in [1.82, 2.24) is 0 Å². The van der Waals surface area contributed by atoms with Gasteiger partial charge in [-0.1, -0.05) is 6.58 Å². The van der Waals surface area contributed by atoms with E-state index < -0.39 is 23.3 Å². The molecule has 0 aromatic rings. The summed E-state index contributed by atoms with van der Waals surface area (Å²) in [5.74, 6) is -1.53. The van der Waals surface area contributed by atoms with Gasteiger partial charge in [-0.25, -0.2) is 4.79 Å². The quantitative estimate of drug-likeness (QED) is 0.321. The lowest BCUT2D eigenvalue weighted by Crippen LogP contribution is -2.25. The second-order valence-corrected chi connectivity index (χ2v) is 5.38. The van der Waals surface area contributed by atoms with E-state index in [4.69, 9.17) is 4.74 Å². The lowest BCUT2D eigenvalue weighted by Gasteiger charge is -2.15. The zero-order valence-electron chi connectivity index (χ0n) is 12.1. The maximum Gasteiger partial charge on any atom is 0.333 e. The van der Waals surface area contributed by atoms with Gasteiger partial charge in [-0.05, 0) is 40.5 Å². The van der Waals surface area contributed by atoms with Crippen LogP contribution < -0.4 is 0 Å². The van der Waals surface area contributed by atoms with Gasteiger partial charge in [-0.2, -0.15) is 0 Å². The highest BCUT2D eigenvalue weighted by molar-refractivity contribution is 5.88. The van der Waals surface area contributed by atoms with Crippen LogP contribution in [0.2, 0.25) is 0 Å². The Bertz CT molecular complexity index is 363. The van der Waals surface area contributed by atoms with Crippen LogP contribution in [0.1, 0.15) is 47.0 Å². The molecule has 0 bridgehead atoms. The Kier molecular flexibility index (Phi) is 7.04. The molecule has 0 N–H and O–H groups in total. The topological polar surface area (TPSA) is 69.7 Å². The van der Waals surface area contributed by atoms with Gasteiger partial charge in [0.05, 0.1) is 12.0 Å². The van der Waals surface area contributed by atoms with Crippen molar-refractivity contribution in [2.45, 2.75) is 47.0 Å². The van der Waals surface area contributed by atoms with Crippen LogP contribution >= 0.6 is 0 Å². The Labute approximate surface area is 114 Å². The molecule has 0 heterocycles. The first kappa shape index (κ1) is 17.4. The zero-order valence-corrected chi connectivity index (χ0v) is 12.1. The summed E-state index contributed by atoms with van der Waals surface area (Å²) in [7, 11) is 0. The molecule has 5 nitrogen and oxygen atoms in total. The van der Waals surface area contributed by atoms with E-state index in [1.807, 2.05) is 0 Å². The average molecular weight is 270 g/mol. The van der Waals surface area contributed by atoms with E-state index in [9.17, 15) is 14.4 Å². The van der Waals surface area contributed by atoms with Crippen molar-refractivity contribution in [2.24, 2.45) is 5.41 Å². The number of ether oxygens (including phenoxy) is 2.